The van der Waals surface area contributed by atoms with Gasteiger partial charge < -0.3 is 5.11 Å². The molecule has 1 aromatic rings. The lowest BCUT2D eigenvalue weighted by Gasteiger charge is -2.38. The van der Waals surface area contributed by atoms with E-state index in [9.17, 15) is 5.11 Å². The smallest absolute Gasteiger partial charge is 0.0899 e. The molecule has 1 aromatic carbocycles. The molecule has 0 bridgehead atoms. The van der Waals surface area contributed by atoms with Gasteiger partial charge in [0.1, 0.15) is 0 Å². The molecule has 70 valence electrons. The SMILES string of the molecule is Cc1c(Br)cccc1C1(O)CCC1. The van der Waals surface area contributed by atoms with Crippen molar-refractivity contribution in [2.75, 3.05) is 0 Å². The van der Waals surface area contributed by atoms with Gasteiger partial charge in [0.15, 0.2) is 0 Å². The van der Waals surface area contributed by atoms with E-state index in [4.69, 9.17) is 0 Å². The van der Waals surface area contributed by atoms with Gasteiger partial charge in [0.05, 0.1) is 5.60 Å². The van der Waals surface area contributed by atoms with Gasteiger partial charge in [-0.1, -0.05) is 28.1 Å². The van der Waals surface area contributed by atoms with Crippen LogP contribution in [0, 0.1) is 6.92 Å². The zero-order chi connectivity index (χ0) is 9.47. The molecule has 1 nitrogen and oxygen atoms in total. The van der Waals surface area contributed by atoms with Crippen LogP contribution in [-0.4, -0.2) is 5.11 Å². The largest absolute Gasteiger partial charge is 0.385 e. The Kier molecular flexibility index (Phi) is 2.20. The Morgan fingerprint density at radius 2 is 2.08 bits per heavy atom. The molecule has 2 heteroatoms. The predicted molar refractivity (Wildman–Crippen MR) is 56.6 cm³/mol. The summed E-state index contributed by atoms with van der Waals surface area (Å²) in [5, 5.41) is 10.2. The first kappa shape index (κ1) is 9.22. The van der Waals surface area contributed by atoms with Gasteiger partial charge in [-0.25, -0.2) is 0 Å². The normalized spacial score (nSPS) is 19.6. The van der Waals surface area contributed by atoms with Crippen molar-refractivity contribution in [1.29, 1.82) is 0 Å². The highest BCUT2D eigenvalue weighted by molar-refractivity contribution is 9.10. The molecular weight excluding hydrogens is 228 g/mol. The minimum Gasteiger partial charge on any atom is -0.385 e. The fourth-order valence-electron chi connectivity index (χ4n) is 1.89. The molecule has 2 rings (SSSR count). The number of hydrogen-bond acceptors (Lipinski definition) is 1. The van der Waals surface area contributed by atoms with Crippen molar-refractivity contribution in [2.45, 2.75) is 31.8 Å². The monoisotopic (exact) mass is 240 g/mol. The zero-order valence-corrected chi connectivity index (χ0v) is 9.26. The summed E-state index contributed by atoms with van der Waals surface area (Å²) in [5.41, 5.74) is 1.73. The van der Waals surface area contributed by atoms with Crippen LogP contribution < -0.4 is 0 Å². The molecule has 1 saturated carbocycles. The first-order valence-electron chi connectivity index (χ1n) is 4.61. The molecule has 1 fully saturated rings. The molecular formula is C11H13BrO. The highest BCUT2D eigenvalue weighted by Crippen LogP contribution is 2.43. The summed E-state index contributed by atoms with van der Waals surface area (Å²) in [4.78, 5) is 0. The molecule has 0 spiro atoms. The van der Waals surface area contributed by atoms with Gasteiger partial charge >= 0.3 is 0 Å². The van der Waals surface area contributed by atoms with Gasteiger partial charge in [-0.05, 0) is 43.4 Å². The van der Waals surface area contributed by atoms with Crippen molar-refractivity contribution in [3.63, 3.8) is 0 Å². The van der Waals surface area contributed by atoms with Gasteiger partial charge in [-0.15, -0.1) is 0 Å². The van der Waals surface area contributed by atoms with Gasteiger partial charge in [0.2, 0.25) is 0 Å². The maximum atomic E-state index is 10.2. The predicted octanol–water partition coefficient (Wildman–Crippen LogP) is 3.13. The third-order valence-corrected chi connectivity index (χ3v) is 3.81. The second-order valence-corrected chi connectivity index (χ2v) is 4.65. The van der Waals surface area contributed by atoms with E-state index in [2.05, 4.69) is 22.9 Å². The van der Waals surface area contributed by atoms with Crippen molar-refractivity contribution in [3.8, 4) is 0 Å². The van der Waals surface area contributed by atoms with Crippen molar-refractivity contribution in [3.05, 3.63) is 33.8 Å². The maximum absolute atomic E-state index is 10.2. The minimum atomic E-state index is -0.534. The van der Waals surface area contributed by atoms with Crippen LogP contribution in [0.5, 0.6) is 0 Å². The first-order chi connectivity index (χ1) is 6.13. The number of rotatable bonds is 1. The molecule has 1 aliphatic rings. The Labute approximate surface area is 86.9 Å². The molecule has 0 unspecified atom stereocenters. The highest BCUT2D eigenvalue weighted by atomic mass is 79.9. The van der Waals surface area contributed by atoms with E-state index in [1.165, 1.54) is 5.56 Å². The van der Waals surface area contributed by atoms with E-state index >= 15 is 0 Å². The lowest BCUT2D eigenvalue weighted by molar-refractivity contribution is -0.0393. The van der Waals surface area contributed by atoms with Gasteiger partial charge in [-0.3, -0.25) is 0 Å². The van der Waals surface area contributed by atoms with Crippen LogP contribution in [0.2, 0.25) is 0 Å². The molecule has 1 N–H and O–H groups in total. The van der Waals surface area contributed by atoms with Gasteiger partial charge in [0, 0.05) is 4.47 Å². The van der Waals surface area contributed by atoms with Crippen LogP contribution in [0.1, 0.15) is 30.4 Å². The zero-order valence-electron chi connectivity index (χ0n) is 7.68. The van der Waals surface area contributed by atoms with Crippen LogP contribution in [0.25, 0.3) is 0 Å². The molecule has 0 amide bonds. The van der Waals surface area contributed by atoms with Crippen LogP contribution in [0.3, 0.4) is 0 Å². The highest BCUT2D eigenvalue weighted by Gasteiger charge is 2.37. The van der Waals surface area contributed by atoms with Crippen LogP contribution in [0.4, 0.5) is 0 Å². The average molecular weight is 241 g/mol. The second-order valence-electron chi connectivity index (χ2n) is 3.80. The van der Waals surface area contributed by atoms with Gasteiger partial charge in [0.25, 0.3) is 0 Å². The van der Waals surface area contributed by atoms with Crippen LogP contribution in [0.15, 0.2) is 22.7 Å². The standard InChI is InChI=1S/C11H13BrO/c1-8-9(4-2-5-10(8)12)11(13)6-3-7-11/h2,4-5,13H,3,6-7H2,1H3. The van der Waals surface area contributed by atoms with E-state index in [0.29, 0.717) is 0 Å². The third-order valence-electron chi connectivity index (χ3n) is 2.95. The Morgan fingerprint density at radius 1 is 1.38 bits per heavy atom. The Bertz CT molecular complexity index is 329. The molecule has 13 heavy (non-hydrogen) atoms. The van der Waals surface area contributed by atoms with Crippen molar-refractivity contribution in [2.24, 2.45) is 0 Å². The van der Waals surface area contributed by atoms with Crippen molar-refractivity contribution < 1.29 is 5.11 Å². The lowest BCUT2D eigenvalue weighted by Crippen LogP contribution is -2.34. The van der Waals surface area contributed by atoms with E-state index in [0.717, 1.165) is 29.3 Å². The van der Waals surface area contributed by atoms with Crippen LogP contribution in [-0.2, 0) is 5.60 Å². The fourth-order valence-corrected chi connectivity index (χ4v) is 2.26. The Balaban J connectivity index is 2.45. The molecule has 0 atom stereocenters. The van der Waals surface area contributed by atoms with E-state index in [-0.39, 0.29) is 0 Å². The molecule has 0 radical (unpaired) electrons. The Hall–Kier alpha value is -0.340. The summed E-state index contributed by atoms with van der Waals surface area (Å²) in [6.07, 6.45) is 2.96. The summed E-state index contributed by atoms with van der Waals surface area (Å²) in [6.45, 7) is 2.05. The summed E-state index contributed by atoms with van der Waals surface area (Å²) in [5.74, 6) is 0. The molecule has 0 saturated heterocycles. The fraction of sp³-hybridized carbons (Fsp3) is 0.455. The number of aliphatic hydroxyl groups is 1. The van der Waals surface area contributed by atoms with Crippen molar-refractivity contribution in [1.82, 2.24) is 0 Å². The number of benzene rings is 1. The summed E-state index contributed by atoms with van der Waals surface area (Å²) < 4.78 is 1.09. The van der Waals surface area contributed by atoms with E-state index < -0.39 is 5.60 Å². The second kappa shape index (κ2) is 3.10. The average Bonchev–Trinajstić information content (AvgIpc) is 2.06. The van der Waals surface area contributed by atoms with E-state index in [1.807, 2.05) is 18.2 Å². The summed E-state index contributed by atoms with van der Waals surface area (Å²) in [7, 11) is 0. The van der Waals surface area contributed by atoms with Crippen molar-refractivity contribution >= 4 is 15.9 Å². The summed E-state index contributed by atoms with van der Waals surface area (Å²) >= 11 is 3.48. The summed E-state index contributed by atoms with van der Waals surface area (Å²) in [6, 6.07) is 6.03. The molecule has 0 aliphatic heterocycles. The lowest BCUT2D eigenvalue weighted by atomic mass is 9.74. The van der Waals surface area contributed by atoms with E-state index in [1.54, 1.807) is 0 Å². The minimum absolute atomic E-state index is 0.534. The Morgan fingerprint density at radius 3 is 2.62 bits per heavy atom. The molecule has 1 aliphatic carbocycles. The molecule has 0 heterocycles. The topological polar surface area (TPSA) is 20.2 Å². The van der Waals surface area contributed by atoms with Crippen LogP contribution >= 0.6 is 15.9 Å². The maximum Gasteiger partial charge on any atom is 0.0899 e. The third kappa shape index (κ3) is 1.42. The van der Waals surface area contributed by atoms with Gasteiger partial charge in [-0.2, -0.15) is 0 Å². The number of halogens is 1. The number of hydrogen-bond donors (Lipinski definition) is 1. The first-order valence-corrected chi connectivity index (χ1v) is 5.41. The quantitative estimate of drug-likeness (QED) is 0.800. The molecule has 0 aromatic heterocycles.